The molecule has 20 heavy (non-hydrogen) atoms. The Bertz CT molecular complexity index is 733. The zero-order valence-corrected chi connectivity index (χ0v) is 11.3. The van der Waals surface area contributed by atoms with E-state index in [9.17, 15) is 0 Å². The normalized spacial score (nSPS) is 12.3. The number of oxazole rings is 1. The Kier molecular flexibility index (Phi) is 3.46. The maximum absolute atomic E-state index is 5.64. The van der Waals surface area contributed by atoms with Gasteiger partial charge in [0.1, 0.15) is 5.52 Å². The van der Waals surface area contributed by atoms with Crippen molar-refractivity contribution in [2.24, 2.45) is 0 Å². The lowest BCUT2D eigenvalue weighted by Crippen LogP contribution is -1.74. The molecule has 0 bridgehead atoms. The van der Waals surface area contributed by atoms with Crippen molar-refractivity contribution in [2.75, 3.05) is 0 Å². The quantitative estimate of drug-likeness (QED) is 0.624. The fourth-order valence-corrected chi connectivity index (χ4v) is 2.02. The summed E-state index contributed by atoms with van der Waals surface area (Å²) in [6.45, 7) is 2.06. The predicted molar refractivity (Wildman–Crippen MR) is 83.1 cm³/mol. The summed E-state index contributed by atoms with van der Waals surface area (Å²) in [5, 5.41) is 0. The van der Waals surface area contributed by atoms with E-state index in [0.29, 0.717) is 5.89 Å². The molecule has 2 heteroatoms. The number of allylic oxidation sites excluding steroid dienone is 2. The third-order valence-electron chi connectivity index (χ3n) is 2.99. The van der Waals surface area contributed by atoms with Crippen molar-refractivity contribution < 1.29 is 4.42 Å². The second kappa shape index (κ2) is 5.57. The number of aromatic nitrogens is 1. The Labute approximate surface area is 118 Å². The molecule has 0 aliphatic heterocycles. The van der Waals surface area contributed by atoms with Gasteiger partial charge in [-0.25, -0.2) is 4.98 Å². The molecule has 2 aromatic carbocycles. The highest BCUT2D eigenvalue weighted by atomic mass is 16.3. The highest BCUT2D eigenvalue weighted by Gasteiger charge is 2.00. The van der Waals surface area contributed by atoms with E-state index < -0.39 is 0 Å². The van der Waals surface area contributed by atoms with Crippen molar-refractivity contribution in [3.63, 3.8) is 0 Å². The molecule has 0 N–H and O–H groups in total. The van der Waals surface area contributed by atoms with Crippen molar-refractivity contribution in [1.29, 1.82) is 0 Å². The summed E-state index contributed by atoms with van der Waals surface area (Å²) in [5.41, 5.74) is 4.04. The Morgan fingerprint density at radius 1 is 1.00 bits per heavy atom. The molecular weight excluding hydrogens is 246 g/mol. The van der Waals surface area contributed by atoms with Gasteiger partial charge in [-0.2, -0.15) is 0 Å². The van der Waals surface area contributed by atoms with Crippen LogP contribution in [0, 0.1) is 0 Å². The molecule has 0 amide bonds. The Hall–Kier alpha value is -2.61. The first-order valence-electron chi connectivity index (χ1n) is 6.58. The number of benzene rings is 2. The van der Waals surface area contributed by atoms with Crippen LogP contribution in [0.4, 0.5) is 0 Å². The van der Waals surface area contributed by atoms with E-state index in [0.717, 1.165) is 16.7 Å². The van der Waals surface area contributed by atoms with Crippen LogP contribution in [0.15, 0.2) is 70.7 Å². The second-order valence-corrected chi connectivity index (χ2v) is 4.65. The minimum absolute atomic E-state index is 0.631. The minimum Gasteiger partial charge on any atom is -0.437 e. The number of nitrogens with zero attached hydrogens (tertiary/aromatic N) is 1. The molecule has 1 heterocycles. The molecule has 0 aliphatic rings. The van der Waals surface area contributed by atoms with Crippen molar-refractivity contribution in [3.05, 3.63) is 77.7 Å². The van der Waals surface area contributed by atoms with Crippen molar-refractivity contribution in [1.82, 2.24) is 4.98 Å². The van der Waals surface area contributed by atoms with Gasteiger partial charge in [-0.15, -0.1) is 0 Å². The van der Waals surface area contributed by atoms with Gasteiger partial charge in [-0.05, 0) is 24.6 Å². The van der Waals surface area contributed by atoms with E-state index in [1.165, 1.54) is 5.56 Å². The van der Waals surface area contributed by atoms with Crippen LogP contribution in [0.5, 0.6) is 0 Å². The number of hydrogen-bond acceptors (Lipinski definition) is 2. The molecule has 1 aromatic heterocycles. The molecule has 0 fully saturated rings. The van der Waals surface area contributed by atoms with Gasteiger partial charge in [-0.1, -0.05) is 60.2 Å². The van der Waals surface area contributed by atoms with Gasteiger partial charge in [0.15, 0.2) is 5.58 Å². The zero-order chi connectivity index (χ0) is 13.8. The van der Waals surface area contributed by atoms with Gasteiger partial charge >= 0.3 is 0 Å². The summed E-state index contributed by atoms with van der Waals surface area (Å²) in [6, 6.07) is 18.0. The van der Waals surface area contributed by atoms with Crippen LogP contribution in [0.25, 0.3) is 23.3 Å². The lowest BCUT2D eigenvalue weighted by molar-refractivity contribution is 0.589. The van der Waals surface area contributed by atoms with Crippen LogP contribution in [-0.4, -0.2) is 4.98 Å². The van der Waals surface area contributed by atoms with Crippen LogP contribution >= 0.6 is 0 Å². The van der Waals surface area contributed by atoms with Crippen LogP contribution in [0.2, 0.25) is 0 Å². The largest absolute Gasteiger partial charge is 0.437 e. The molecule has 3 aromatic rings. The number of hydrogen-bond donors (Lipinski definition) is 0. The maximum atomic E-state index is 5.64. The van der Waals surface area contributed by atoms with E-state index >= 15 is 0 Å². The Balaban J connectivity index is 1.81. The lowest BCUT2D eigenvalue weighted by atomic mass is 10.1. The maximum Gasteiger partial charge on any atom is 0.220 e. The number of fused-ring (bicyclic) bond motifs is 1. The van der Waals surface area contributed by atoms with Gasteiger partial charge in [0, 0.05) is 6.08 Å². The van der Waals surface area contributed by atoms with Crippen molar-refractivity contribution in [3.8, 4) is 0 Å². The zero-order valence-electron chi connectivity index (χ0n) is 11.3. The summed E-state index contributed by atoms with van der Waals surface area (Å²) < 4.78 is 5.64. The van der Waals surface area contributed by atoms with E-state index in [4.69, 9.17) is 4.42 Å². The molecule has 0 atom stereocenters. The molecule has 0 aliphatic carbocycles. The summed E-state index contributed by atoms with van der Waals surface area (Å²) in [4.78, 5) is 4.41. The fourth-order valence-electron chi connectivity index (χ4n) is 2.02. The third kappa shape index (κ3) is 2.86. The monoisotopic (exact) mass is 261 g/mol. The summed E-state index contributed by atoms with van der Waals surface area (Å²) in [6.07, 6.45) is 6.03. The fraction of sp³-hybridized carbons (Fsp3) is 0.0556. The molecule has 2 nitrogen and oxygen atoms in total. The van der Waals surface area contributed by atoms with Crippen LogP contribution in [-0.2, 0) is 0 Å². The Morgan fingerprint density at radius 2 is 1.75 bits per heavy atom. The molecule has 0 radical (unpaired) electrons. The topological polar surface area (TPSA) is 26.0 Å². The highest BCUT2D eigenvalue weighted by molar-refractivity contribution is 5.73. The molecule has 0 saturated carbocycles. The molecular formula is C18H15NO. The smallest absolute Gasteiger partial charge is 0.220 e. The average molecular weight is 261 g/mol. The number of para-hydroxylation sites is 2. The Morgan fingerprint density at radius 3 is 2.55 bits per heavy atom. The first kappa shape index (κ1) is 12.4. The van der Waals surface area contributed by atoms with E-state index in [1.54, 1.807) is 0 Å². The molecule has 0 saturated heterocycles. The van der Waals surface area contributed by atoms with E-state index in [-0.39, 0.29) is 0 Å². The van der Waals surface area contributed by atoms with Gasteiger partial charge in [0.25, 0.3) is 0 Å². The highest BCUT2D eigenvalue weighted by Crippen LogP contribution is 2.16. The standard InChI is InChI=1S/C18H15NO/c1-14(13-15-7-3-2-4-8-15)11-12-18-19-16-9-5-6-10-17(16)20-18/h2-13H,1H3/b12-11-,14-13-. The van der Waals surface area contributed by atoms with E-state index in [1.807, 2.05) is 54.6 Å². The third-order valence-corrected chi connectivity index (χ3v) is 2.99. The molecule has 98 valence electrons. The number of rotatable bonds is 3. The van der Waals surface area contributed by atoms with Gasteiger partial charge < -0.3 is 4.42 Å². The van der Waals surface area contributed by atoms with Crippen LogP contribution in [0.3, 0.4) is 0 Å². The van der Waals surface area contributed by atoms with Gasteiger partial charge in [0.2, 0.25) is 5.89 Å². The molecule has 0 spiro atoms. The molecule has 3 rings (SSSR count). The summed E-state index contributed by atoms with van der Waals surface area (Å²) >= 11 is 0. The predicted octanol–water partition coefficient (Wildman–Crippen LogP) is 4.94. The second-order valence-electron chi connectivity index (χ2n) is 4.65. The van der Waals surface area contributed by atoms with Gasteiger partial charge in [-0.3, -0.25) is 0 Å². The van der Waals surface area contributed by atoms with Gasteiger partial charge in [0.05, 0.1) is 0 Å². The van der Waals surface area contributed by atoms with Crippen LogP contribution in [0.1, 0.15) is 18.4 Å². The summed E-state index contributed by atoms with van der Waals surface area (Å²) in [7, 11) is 0. The van der Waals surface area contributed by atoms with Crippen molar-refractivity contribution >= 4 is 23.3 Å². The summed E-state index contributed by atoms with van der Waals surface area (Å²) in [5.74, 6) is 0.631. The van der Waals surface area contributed by atoms with Crippen LogP contribution < -0.4 is 0 Å². The van der Waals surface area contributed by atoms with Crippen molar-refractivity contribution in [2.45, 2.75) is 6.92 Å². The SMILES string of the molecule is CC(/C=C\c1nc2ccccc2o1)=C/c1ccccc1. The minimum atomic E-state index is 0.631. The van der Waals surface area contributed by atoms with E-state index in [2.05, 4.69) is 30.1 Å². The lowest BCUT2D eigenvalue weighted by Gasteiger charge is -1.94. The first-order valence-corrected chi connectivity index (χ1v) is 6.58. The molecule has 0 unspecified atom stereocenters. The first-order chi connectivity index (χ1) is 9.81. The average Bonchev–Trinajstić information content (AvgIpc) is 2.89.